The van der Waals surface area contributed by atoms with Crippen LogP contribution in [-0.4, -0.2) is 9.97 Å². The molecule has 0 unspecified atom stereocenters. The second-order valence-corrected chi connectivity index (χ2v) is 4.61. The van der Waals surface area contributed by atoms with E-state index in [0.717, 1.165) is 28.8 Å². The summed E-state index contributed by atoms with van der Waals surface area (Å²) in [6.45, 7) is 4.26. The first-order valence-electron chi connectivity index (χ1n) is 6.32. The number of hydrogen-bond donors (Lipinski definition) is 1. The van der Waals surface area contributed by atoms with Gasteiger partial charge in [0.05, 0.1) is 11.0 Å². The molecule has 18 heavy (non-hydrogen) atoms. The summed E-state index contributed by atoms with van der Waals surface area (Å²) in [6.07, 6.45) is 1.07. The van der Waals surface area contributed by atoms with E-state index in [2.05, 4.69) is 66.3 Å². The minimum absolute atomic E-state index is 0.946. The Labute approximate surface area is 107 Å². The molecule has 0 spiro atoms. The summed E-state index contributed by atoms with van der Waals surface area (Å²) in [5.41, 5.74) is 5.87. The van der Waals surface area contributed by atoms with Crippen LogP contribution in [0.4, 0.5) is 0 Å². The van der Waals surface area contributed by atoms with E-state index >= 15 is 0 Å². The summed E-state index contributed by atoms with van der Waals surface area (Å²) in [4.78, 5) is 8.06. The largest absolute Gasteiger partial charge is 0.338 e. The third kappa shape index (κ3) is 1.80. The number of H-pyrrole nitrogens is 1. The highest BCUT2D eigenvalue weighted by atomic mass is 14.9. The molecular weight excluding hydrogens is 220 g/mol. The van der Waals surface area contributed by atoms with Crippen molar-refractivity contribution in [2.45, 2.75) is 20.3 Å². The number of hydrogen-bond acceptors (Lipinski definition) is 1. The second-order valence-electron chi connectivity index (χ2n) is 4.61. The van der Waals surface area contributed by atoms with Crippen LogP contribution in [0.1, 0.15) is 18.1 Å². The Hall–Kier alpha value is -2.09. The number of aromatic nitrogens is 2. The van der Waals surface area contributed by atoms with Crippen LogP contribution in [0.25, 0.3) is 22.4 Å². The molecule has 0 aliphatic carbocycles. The number of aromatic amines is 1. The van der Waals surface area contributed by atoms with Crippen LogP contribution >= 0.6 is 0 Å². The number of rotatable bonds is 2. The molecule has 0 radical (unpaired) electrons. The van der Waals surface area contributed by atoms with Crippen LogP contribution in [0.2, 0.25) is 0 Å². The molecule has 1 heterocycles. The average molecular weight is 236 g/mol. The predicted octanol–water partition coefficient (Wildman–Crippen LogP) is 4.10. The van der Waals surface area contributed by atoms with Gasteiger partial charge in [0.1, 0.15) is 5.82 Å². The Bertz CT molecular complexity index is 678. The Balaban J connectivity index is 2.10. The minimum atomic E-state index is 0.946. The molecule has 0 aliphatic rings. The molecule has 1 aromatic heterocycles. The fraction of sp³-hybridized carbons (Fsp3) is 0.188. The Kier molecular flexibility index (Phi) is 2.63. The topological polar surface area (TPSA) is 28.7 Å². The molecular formula is C16H16N2. The Morgan fingerprint density at radius 2 is 1.83 bits per heavy atom. The van der Waals surface area contributed by atoms with E-state index in [9.17, 15) is 0 Å². The lowest BCUT2D eigenvalue weighted by atomic mass is 10.1. The summed E-state index contributed by atoms with van der Waals surface area (Å²) in [6, 6.07) is 14.8. The van der Waals surface area contributed by atoms with Crippen molar-refractivity contribution in [2.75, 3.05) is 0 Å². The van der Waals surface area contributed by atoms with Gasteiger partial charge in [0, 0.05) is 5.56 Å². The molecule has 0 aliphatic heterocycles. The van der Waals surface area contributed by atoms with E-state index < -0.39 is 0 Å². The average Bonchev–Trinajstić information content (AvgIpc) is 2.84. The highest BCUT2D eigenvalue weighted by Crippen LogP contribution is 2.22. The molecule has 0 bridgehead atoms. The molecule has 3 rings (SSSR count). The van der Waals surface area contributed by atoms with Crippen LogP contribution in [-0.2, 0) is 6.42 Å². The van der Waals surface area contributed by atoms with Crippen molar-refractivity contribution in [3.05, 3.63) is 53.6 Å². The van der Waals surface area contributed by atoms with Gasteiger partial charge >= 0.3 is 0 Å². The summed E-state index contributed by atoms with van der Waals surface area (Å²) >= 11 is 0. The number of fused-ring (bicyclic) bond motifs is 1. The molecule has 1 N–H and O–H groups in total. The van der Waals surface area contributed by atoms with E-state index in [0.29, 0.717) is 0 Å². The summed E-state index contributed by atoms with van der Waals surface area (Å²) in [5.74, 6) is 0.946. The molecule has 0 saturated carbocycles. The van der Waals surface area contributed by atoms with Crippen LogP contribution in [0.5, 0.6) is 0 Å². The first kappa shape index (κ1) is 11.0. The maximum absolute atomic E-state index is 4.68. The highest BCUT2D eigenvalue weighted by Gasteiger charge is 2.06. The molecule has 3 aromatic rings. The number of nitrogens with one attached hydrogen (secondary N) is 1. The molecule has 0 saturated heterocycles. The maximum atomic E-state index is 4.68. The maximum Gasteiger partial charge on any atom is 0.138 e. The predicted molar refractivity (Wildman–Crippen MR) is 75.6 cm³/mol. The lowest BCUT2D eigenvalue weighted by molar-refractivity contribution is 1.14. The van der Waals surface area contributed by atoms with E-state index in [1.807, 2.05) is 0 Å². The van der Waals surface area contributed by atoms with Gasteiger partial charge in [0.25, 0.3) is 0 Å². The molecule has 2 aromatic carbocycles. The third-order valence-corrected chi connectivity index (χ3v) is 3.35. The van der Waals surface area contributed by atoms with Crippen LogP contribution in [0.15, 0.2) is 42.5 Å². The lowest BCUT2D eigenvalue weighted by Crippen LogP contribution is -1.83. The summed E-state index contributed by atoms with van der Waals surface area (Å²) in [5, 5.41) is 0. The van der Waals surface area contributed by atoms with Crippen LogP contribution in [0, 0.1) is 6.92 Å². The van der Waals surface area contributed by atoms with Gasteiger partial charge in [-0.3, -0.25) is 0 Å². The van der Waals surface area contributed by atoms with Crippen molar-refractivity contribution in [3.63, 3.8) is 0 Å². The SMILES string of the molecule is CCc1ccc(-c2nc3c(C)cccc3[nH]2)cc1. The van der Waals surface area contributed by atoms with Gasteiger partial charge in [-0.1, -0.05) is 43.3 Å². The molecule has 2 nitrogen and oxygen atoms in total. The van der Waals surface area contributed by atoms with Crippen molar-refractivity contribution in [1.82, 2.24) is 9.97 Å². The number of para-hydroxylation sites is 1. The molecule has 2 heteroatoms. The number of nitrogens with zero attached hydrogens (tertiary/aromatic N) is 1. The van der Waals surface area contributed by atoms with E-state index in [4.69, 9.17) is 0 Å². The van der Waals surface area contributed by atoms with Gasteiger partial charge in [-0.15, -0.1) is 0 Å². The normalized spacial score (nSPS) is 11.0. The molecule has 0 atom stereocenters. The second kappa shape index (κ2) is 4.30. The zero-order valence-corrected chi connectivity index (χ0v) is 10.7. The fourth-order valence-electron chi connectivity index (χ4n) is 2.21. The Morgan fingerprint density at radius 1 is 1.06 bits per heavy atom. The minimum Gasteiger partial charge on any atom is -0.338 e. The fourth-order valence-corrected chi connectivity index (χ4v) is 2.21. The van der Waals surface area contributed by atoms with Gasteiger partial charge in [0.2, 0.25) is 0 Å². The molecule has 0 amide bonds. The van der Waals surface area contributed by atoms with Crippen molar-refractivity contribution in [1.29, 1.82) is 0 Å². The molecule has 0 fully saturated rings. The van der Waals surface area contributed by atoms with Crippen molar-refractivity contribution in [3.8, 4) is 11.4 Å². The number of aryl methyl sites for hydroxylation is 2. The van der Waals surface area contributed by atoms with E-state index in [-0.39, 0.29) is 0 Å². The van der Waals surface area contributed by atoms with Gasteiger partial charge in [-0.25, -0.2) is 4.98 Å². The van der Waals surface area contributed by atoms with Gasteiger partial charge < -0.3 is 4.98 Å². The van der Waals surface area contributed by atoms with Crippen molar-refractivity contribution < 1.29 is 0 Å². The van der Waals surface area contributed by atoms with Crippen molar-refractivity contribution in [2.24, 2.45) is 0 Å². The van der Waals surface area contributed by atoms with Gasteiger partial charge in [-0.05, 0) is 30.5 Å². The monoisotopic (exact) mass is 236 g/mol. The van der Waals surface area contributed by atoms with Gasteiger partial charge in [-0.2, -0.15) is 0 Å². The zero-order valence-electron chi connectivity index (χ0n) is 10.7. The smallest absolute Gasteiger partial charge is 0.138 e. The van der Waals surface area contributed by atoms with Crippen LogP contribution in [0.3, 0.4) is 0 Å². The number of benzene rings is 2. The summed E-state index contributed by atoms with van der Waals surface area (Å²) in [7, 11) is 0. The van der Waals surface area contributed by atoms with Crippen LogP contribution < -0.4 is 0 Å². The lowest BCUT2D eigenvalue weighted by Gasteiger charge is -1.98. The standard InChI is InChI=1S/C16H16N2/c1-3-12-7-9-13(10-8-12)16-17-14-6-4-5-11(2)15(14)18-16/h4-10H,3H2,1-2H3,(H,17,18). The first-order valence-corrected chi connectivity index (χ1v) is 6.32. The highest BCUT2D eigenvalue weighted by molar-refractivity contribution is 5.82. The first-order chi connectivity index (χ1) is 8.78. The number of imidazole rings is 1. The Morgan fingerprint density at radius 3 is 2.50 bits per heavy atom. The van der Waals surface area contributed by atoms with Gasteiger partial charge in [0.15, 0.2) is 0 Å². The quantitative estimate of drug-likeness (QED) is 0.713. The van der Waals surface area contributed by atoms with E-state index in [1.165, 1.54) is 11.1 Å². The zero-order chi connectivity index (χ0) is 12.5. The summed E-state index contributed by atoms with van der Waals surface area (Å²) < 4.78 is 0. The molecule has 90 valence electrons. The van der Waals surface area contributed by atoms with Crippen molar-refractivity contribution >= 4 is 11.0 Å². The van der Waals surface area contributed by atoms with E-state index in [1.54, 1.807) is 0 Å². The third-order valence-electron chi connectivity index (χ3n) is 3.35.